The highest BCUT2D eigenvalue weighted by atomic mass is 19.4. The summed E-state index contributed by atoms with van der Waals surface area (Å²) in [5.74, 6) is 0.393. The third kappa shape index (κ3) is 5.23. The first-order valence-corrected chi connectivity index (χ1v) is 10.1. The van der Waals surface area contributed by atoms with Crippen LogP contribution < -0.4 is 11.1 Å². The Labute approximate surface area is 177 Å². The molecule has 3 heterocycles. The number of aromatic nitrogens is 4. The molecule has 2 aromatic heterocycles. The van der Waals surface area contributed by atoms with Crippen LogP contribution in [0.15, 0.2) is 30.5 Å². The molecule has 0 atom stereocenters. The third-order valence-electron chi connectivity index (χ3n) is 5.34. The number of hydrogen-bond donors (Lipinski definition) is 2. The average molecular weight is 434 g/mol. The first-order chi connectivity index (χ1) is 14.8. The van der Waals surface area contributed by atoms with Crippen LogP contribution in [0, 0.1) is 0 Å². The predicted octanol–water partition coefficient (Wildman–Crippen LogP) is 2.65. The van der Waals surface area contributed by atoms with Gasteiger partial charge in [0.25, 0.3) is 0 Å². The van der Waals surface area contributed by atoms with Crippen molar-refractivity contribution in [3.63, 3.8) is 0 Å². The number of fused-ring (bicyclic) bond motifs is 1. The van der Waals surface area contributed by atoms with Crippen LogP contribution in [-0.4, -0.2) is 69.2 Å². The zero-order valence-electron chi connectivity index (χ0n) is 17.2. The van der Waals surface area contributed by atoms with Crippen molar-refractivity contribution in [2.24, 2.45) is 0 Å². The van der Waals surface area contributed by atoms with Crippen molar-refractivity contribution >= 4 is 23.1 Å². The van der Waals surface area contributed by atoms with Gasteiger partial charge in [0.15, 0.2) is 11.5 Å². The zero-order chi connectivity index (χ0) is 22.0. The Morgan fingerprint density at radius 2 is 1.90 bits per heavy atom. The Morgan fingerprint density at radius 1 is 1.13 bits per heavy atom. The van der Waals surface area contributed by atoms with E-state index in [9.17, 15) is 13.2 Å². The van der Waals surface area contributed by atoms with E-state index in [0.717, 1.165) is 63.4 Å². The summed E-state index contributed by atoms with van der Waals surface area (Å²) in [6.07, 6.45) is -0.953. The van der Waals surface area contributed by atoms with Gasteiger partial charge in [0.05, 0.1) is 17.5 Å². The van der Waals surface area contributed by atoms with E-state index in [1.807, 2.05) is 0 Å². The number of anilines is 3. The van der Waals surface area contributed by atoms with Crippen LogP contribution >= 0.6 is 0 Å². The second-order valence-electron chi connectivity index (χ2n) is 7.77. The van der Waals surface area contributed by atoms with Crippen LogP contribution in [0.25, 0.3) is 5.65 Å². The average Bonchev–Trinajstić information content (AvgIpc) is 3.12. The third-order valence-corrected chi connectivity index (χ3v) is 5.34. The summed E-state index contributed by atoms with van der Waals surface area (Å²) >= 11 is 0. The van der Waals surface area contributed by atoms with Crippen molar-refractivity contribution in [2.45, 2.75) is 19.0 Å². The fourth-order valence-corrected chi connectivity index (χ4v) is 3.59. The first kappa shape index (κ1) is 21.3. The second kappa shape index (κ2) is 8.67. The molecule has 3 N–H and O–H groups in total. The number of piperazine rings is 1. The summed E-state index contributed by atoms with van der Waals surface area (Å²) in [7, 11) is 2.13. The van der Waals surface area contributed by atoms with Gasteiger partial charge in [-0.3, -0.25) is 0 Å². The highest BCUT2D eigenvalue weighted by Gasteiger charge is 2.30. The van der Waals surface area contributed by atoms with E-state index in [1.165, 1.54) is 16.6 Å². The van der Waals surface area contributed by atoms with Crippen LogP contribution in [0.2, 0.25) is 0 Å². The summed E-state index contributed by atoms with van der Waals surface area (Å²) in [6.45, 7) is 5.29. The molecule has 1 aliphatic heterocycles. The van der Waals surface area contributed by atoms with Gasteiger partial charge in [-0.2, -0.15) is 18.2 Å². The van der Waals surface area contributed by atoms with Gasteiger partial charge in [0.1, 0.15) is 0 Å². The number of benzene rings is 1. The molecule has 0 saturated carbocycles. The lowest BCUT2D eigenvalue weighted by Crippen LogP contribution is -2.44. The highest BCUT2D eigenvalue weighted by Crippen LogP contribution is 2.31. The van der Waals surface area contributed by atoms with E-state index < -0.39 is 11.7 Å². The van der Waals surface area contributed by atoms with E-state index in [0.29, 0.717) is 5.65 Å². The van der Waals surface area contributed by atoms with Gasteiger partial charge in [-0.25, -0.2) is 9.50 Å². The molecule has 0 bridgehead atoms. The van der Waals surface area contributed by atoms with Gasteiger partial charge >= 0.3 is 6.18 Å². The number of nitrogen functional groups attached to an aromatic ring is 1. The molecule has 1 saturated heterocycles. The molecule has 3 aromatic rings. The summed E-state index contributed by atoms with van der Waals surface area (Å²) in [5.41, 5.74) is 6.70. The fourth-order valence-electron chi connectivity index (χ4n) is 3.59. The van der Waals surface area contributed by atoms with Crippen LogP contribution in [0.3, 0.4) is 0 Å². The molecule has 4 rings (SSSR count). The van der Waals surface area contributed by atoms with E-state index in [-0.39, 0.29) is 17.5 Å². The summed E-state index contributed by atoms with van der Waals surface area (Å²) in [4.78, 5) is 13.4. The Balaban J connectivity index is 1.43. The predicted molar refractivity (Wildman–Crippen MR) is 112 cm³/mol. The van der Waals surface area contributed by atoms with Gasteiger partial charge in [-0.05, 0) is 44.6 Å². The van der Waals surface area contributed by atoms with Crippen molar-refractivity contribution in [3.8, 4) is 0 Å². The van der Waals surface area contributed by atoms with Gasteiger partial charge in [-0.15, -0.1) is 5.10 Å². The molecule has 11 heteroatoms. The molecule has 0 unspecified atom stereocenters. The standard InChI is InChI=1S/C20H25F3N8/c1-29-8-10-30(11-9-29)7-3-6-16-13-31-18(17(24)25-16)27-19(28-31)26-15-5-2-4-14(12-15)20(21,22)23/h2,4-5,12-13H,3,6-11H2,1H3,(H2,24,25)(H,26,28). The lowest BCUT2D eigenvalue weighted by Gasteiger charge is -2.32. The number of nitrogens with one attached hydrogen (secondary N) is 1. The molecule has 1 aliphatic rings. The van der Waals surface area contributed by atoms with Crippen molar-refractivity contribution in [1.82, 2.24) is 29.4 Å². The molecule has 1 fully saturated rings. The van der Waals surface area contributed by atoms with E-state index in [4.69, 9.17) is 5.73 Å². The van der Waals surface area contributed by atoms with E-state index in [2.05, 4.69) is 37.2 Å². The van der Waals surface area contributed by atoms with Gasteiger partial charge in [0, 0.05) is 31.9 Å². The van der Waals surface area contributed by atoms with E-state index >= 15 is 0 Å². The number of likely N-dealkylation sites (N-methyl/N-ethyl adjacent to an activating group) is 1. The highest BCUT2D eigenvalue weighted by molar-refractivity contribution is 5.63. The lowest BCUT2D eigenvalue weighted by molar-refractivity contribution is -0.137. The number of nitrogens with two attached hydrogens (primary N) is 1. The summed E-state index contributed by atoms with van der Waals surface area (Å²) in [5, 5.41) is 7.11. The molecule has 0 amide bonds. The van der Waals surface area contributed by atoms with Crippen LogP contribution in [0.4, 0.5) is 30.6 Å². The maximum Gasteiger partial charge on any atom is 0.416 e. The number of nitrogens with zero attached hydrogens (tertiary/aromatic N) is 6. The molecular formula is C20H25F3N8. The van der Waals surface area contributed by atoms with Gasteiger partial charge in [-0.1, -0.05) is 6.07 Å². The van der Waals surface area contributed by atoms with Crippen molar-refractivity contribution in [2.75, 3.05) is 50.8 Å². The molecule has 0 radical (unpaired) electrons. The largest absolute Gasteiger partial charge is 0.416 e. The van der Waals surface area contributed by atoms with Crippen LogP contribution in [-0.2, 0) is 12.6 Å². The Bertz CT molecular complexity index is 1040. The minimum Gasteiger partial charge on any atom is -0.381 e. The van der Waals surface area contributed by atoms with Crippen molar-refractivity contribution in [1.29, 1.82) is 0 Å². The SMILES string of the molecule is CN1CCN(CCCc2cn3nc(Nc4cccc(C(F)(F)F)c4)nc3c(N)n2)CC1. The minimum atomic E-state index is -4.42. The summed E-state index contributed by atoms with van der Waals surface area (Å²) in [6, 6.07) is 4.87. The molecule has 166 valence electrons. The number of halogens is 3. The quantitative estimate of drug-likeness (QED) is 0.617. The zero-order valence-corrected chi connectivity index (χ0v) is 17.2. The normalized spacial score (nSPS) is 16.1. The molecular weight excluding hydrogens is 409 g/mol. The molecule has 0 spiro atoms. The number of rotatable bonds is 6. The lowest BCUT2D eigenvalue weighted by atomic mass is 10.2. The van der Waals surface area contributed by atoms with Gasteiger partial charge < -0.3 is 20.9 Å². The minimum absolute atomic E-state index is 0.155. The van der Waals surface area contributed by atoms with Gasteiger partial charge in [0.2, 0.25) is 5.95 Å². The van der Waals surface area contributed by atoms with Crippen molar-refractivity contribution < 1.29 is 13.2 Å². The topological polar surface area (TPSA) is 87.6 Å². The smallest absolute Gasteiger partial charge is 0.381 e. The second-order valence-corrected chi connectivity index (χ2v) is 7.77. The van der Waals surface area contributed by atoms with E-state index in [1.54, 1.807) is 6.20 Å². The first-order valence-electron chi connectivity index (χ1n) is 10.1. The number of hydrogen-bond acceptors (Lipinski definition) is 7. The Hall–Kier alpha value is -2.92. The maximum atomic E-state index is 12.9. The maximum absolute atomic E-state index is 12.9. The fraction of sp³-hybridized carbons (Fsp3) is 0.450. The van der Waals surface area contributed by atoms with Crippen molar-refractivity contribution in [3.05, 3.63) is 41.7 Å². The monoisotopic (exact) mass is 434 g/mol. The Morgan fingerprint density at radius 3 is 2.65 bits per heavy atom. The van der Waals surface area contributed by atoms with Crippen LogP contribution in [0.1, 0.15) is 17.7 Å². The Kier molecular flexibility index (Phi) is 5.96. The molecule has 1 aromatic carbocycles. The number of aryl methyl sites for hydroxylation is 1. The molecule has 31 heavy (non-hydrogen) atoms. The molecule has 0 aliphatic carbocycles. The van der Waals surface area contributed by atoms with Crippen LogP contribution in [0.5, 0.6) is 0 Å². The number of alkyl halides is 3. The molecule has 8 nitrogen and oxygen atoms in total. The summed E-state index contributed by atoms with van der Waals surface area (Å²) < 4.78 is 40.3.